The number of amides is 1. The Morgan fingerprint density at radius 2 is 1.85 bits per heavy atom. The Hall–Kier alpha value is -2.11. The van der Waals surface area contributed by atoms with Gasteiger partial charge in [-0.25, -0.2) is 4.98 Å². The molecule has 0 fully saturated rings. The third-order valence-electron chi connectivity index (χ3n) is 2.78. The number of pyridine rings is 1. The molecule has 0 aliphatic carbocycles. The molecule has 0 aromatic carbocycles. The van der Waals surface area contributed by atoms with Crippen molar-refractivity contribution in [2.45, 2.75) is 26.3 Å². The number of carbonyl (C=O) groups excluding carboxylic acids is 1. The number of aliphatic carboxylic acids is 1. The number of aromatic nitrogens is 1. The minimum Gasteiger partial charge on any atom is -0.480 e. The van der Waals surface area contributed by atoms with E-state index in [1.165, 1.54) is 11.1 Å². The Kier molecular flexibility index (Phi) is 4.70. The van der Waals surface area contributed by atoms with Gasteiger partial charge in [0, 0.05) is 25.8 Å². The van der Waals surface area contributed by atoms with E-state index in [9.17, 15) is 9.59 Å². The predicted molar refractivity (Wildman–Crippen MR) is 77.0 cm³/mol. The van der Waals surface area contributed by atoms with E-state index in [0.717, 1.165) is 0 Å². The summed E-state index contributed by atoms with van der Waals surface area (Å²) in [5.41, 5.74) is 0.0984. The molecule has 1 heterocycles. The van der Waals surface area contributed by atoms with Gasteiger partial charge in [-0.1, -0.05) is 0 Å². The molecule has 0 radical (unpaired) electrons. The van der Waals surface area contributed by atoms with E-state index in [1.807, 2.05) is 20.8 Å². The molecular formula is C14H21N3O3. The van der Waals surface area contributed by atoms with Crippen LogP contribution in [0.2, 0.25) is 0 Å². The van der Waals surface area contributed by atoms with Crippen molar-refractivity contribution in [2.24, 2.45) is 0 Å². The maximum atomic E-state index is 11.8. The van der Waals surface area contributed by atoms with E-state index in [1.54, 1.807) is 31.1 Å². The van der Waals surface area contributed by atoms with E-state index in [2.05, 4.69) is 4.98 Å². The first-order valence-corrected chi connectivity index (χ1v) is 6.30. The molecule has 0 spiro atoms. The zero-order valence-electron chi connectivity index (χ0n) is 12.5. The number of hydrogen-bond donors (Lipinski definition) is 1. The van der Waals surface area contributed by atoms with Gasteiger partial charge in [0.25, 0.3) is 5.91 Å². The van der Waals surface area contributed by atoms with Crippen LogP contribution in [0.4, 0.5) is 5.82 Å². The summed E-state index contributed by atoms with van der Waals surface area (Å²) in [5, 5.41) is 8.99. The van der Waals surface area contributed by atoms with Crippen LogP contribution in [0.25, 0.3) is 0 Å². The molecule has 20 heavy (non-hydrogen) atoms. The lowest BCUT2D eigenvalue weighted by molar-refractivity contribution is -0.135. The minimum absolute atomic E-state index is 0.135. The zero-order valence-corrected chi connectivity index (χ0v) is 12.5. The topological polar surface area (TPSA) is 73.7 Å². The molecule has 0 saturated carbocycles. The number of rotatable bonds is 4. The number of carboxylic acid groups (broad SMARTS) is 1. The average Bonchev–Trinajstić information content (AvgIpc) is 2.33. The fraction of sp³-hybridized carbons (Fsp3) is 0.500. The number of carboxylic acids is 1. The largest absolute Gasteiger partial charge is 0.480 e. The molecule has 0 saturated heterocycles. The summed E-state index contributed by atoms with van der Waals surface area (Å²) in [7, 11) is 3.34. The van der Waals surface area contributed by atoms with E-state index in [4.69, 9.17) is 5.11 Å². The SMILES string of the molecule is CN(C)C(=O)c1ccc(N(CC(=O)O)C(C)(C)C)nc1. The van der Waals surface area contributed by atoms with Crippen molar-refractivity contribution >= 4 is 17.7 Å². The predicted octanol–water partition coefficient (Wildman–Crippen LogP) is 1.47. The number of anilines is 1. The second-order valence-electron chi connectivity index (χ2n) is 5.76. The van der Waals surface area contributed by atoms with Gasteiger partial charge in [-0.3, -0.25) is 9.59 Å². The van der Waals surface area contributed by atoms with Gasteiger partial charge >= 0.3 is 5.97 Å². The zero-order chi connectivity index (χ0) is 15.5. The van der Waals surface area contributed by atoms with Crippen LogP contribution in [0.1, 0.15) is 31.1 Å². The molecule has 6 nitrogen and oxygen atoms in total. The standard InChI is InChI=1S/C14H21N3O3/c1-14(2,3)17(9-12(18)19)11-7-6-10(8-15-11)13(20)16(4)5/h6-8H,9H2,1-5H3,(H,18,19). The van der Waals surface area contributed by atoms with E-state index < -0.39 is 5.97 Å². The molecule has 0 aliphatic rings. The monoisotopic (exact) mass is 279 g/mol. The second kappa shape index (κ2) is 5.90. The highest BCUT2D eigenvalue weighted by molar-refractivity contribution is 5.93. The highest BCUT2D eigenvalue weighted by Crippen LogP contribution is 2.21. The number of nitrogens with zero attached hydrogens (tertiary/aromatic N) is 3. The van der Waals surface area contributed by atoms with E-state index in [0.29, 0.717) is 11.4 Å². The third-order valence-corrected chi connectivity index (χ3v) is 2.78. The van der Waals surface area contributed by atoms with Gasteiger partial charge in [-0.15, -0.1) is 0 Å². The van der Waals surface area contributed by atoms with Gasteiger partial charge in [0.2, 0.25) is 0 Å². The molecule has 1 amide bonds. The Morgan fingerprint density at radius 1 is 1.25 bits per heavy atom. The van der Waals surface area contributed by atoms with Crippen LogP contribution in [0.5, 0.6) is 0 Å². The highest BCUT2D eigenvalue weighted by atomic mass is 16.4. The lowest BCUT2D eigenvalue weighted by Crippen LogP contribution is -2.45. The normalized spacial score (nSPS) is 11.1. The van der Waals surface area contributed by atoms with Gasteiger partial charge in [0.05, 0.1) is 5.56 Å². The van der Waals surface area contributed by atoms with Crippen molar-refractivity contribution in [1.82, 2.24) is 9.88 Å². The third kappa shape index (κ3) is 3.94. The first-order chi connectivity index (χ1) is 9.12. The molecular weight excluding hydrogens is 258 g/mol. The van der Waals surface area contributed by atoms with Crippen LogP contribution in [-0.4, -0.2) is 53.0 Å². The van der Waals surface area contributed by atoms with Gasteiger partial charge in [-0.05, 0) is 32.9 Å². The van der Waals surface area contributed by atoms with Crippen molar-refractivity contribution in [3.05, 3.63) is 23.9 Å². The molecule has 1 N–H and O–H groups in total. The summed E-state index contributed by atoms with van der Waals surface area (Å²) >= 11 is 0. The van der Waals surface area contributed by atoms with E-state index >= 15 is 0 Å². The molecule has 1 aromatic heterocycles. The van der Waals surface area contributed by atoms with Gasteiger partial charge in [0.1, 0.15) is 12.4 Å². The minimum atomic E-state index is -0.921. The summed E-state index contributed by atoms with van der Waals surface area (Å²) in [6.45, 7) is 5.60. The van der Waals surface area contributed by atoms with Gasteiger partial charge in [-0.2, -0.15) is 0 Å². The quantitative estimate of drug-likeness (QED) is 0.903. The summed E-state index contributed by atoms with van der Waals surface area (Å²) in [6.07, 6.45) is 1.47. The first kappa shape index (κ1) is 15.9. The van der Waals surface area contributed by atoms with Crippen LogP contribution in [-0.2, 0) is 4.79 Å². The lowest BCUT2D eigenvalue weighted by Gasteiger charge is -2.35. The van der Waals surface area contributed by atoms with Gasteiger partial charge in [0.15, 0.2) is 0 Å². The Morgan fingerprint density at radius 3 is 2.20 bits per heavy atom. The average molecular weight is 279 g/mol. The lowest BCUT2D eigenvalue weighted by atomic mass is 10.1. The molecule has 1 rings (SSSR count). The van der Waals surface area contributed by atoms with Crippen LogP contribution in [0, 0.1) is 0 Å². The Bertz CT molecular complexity index is 489. The number of hydrogen-bond acceptors (Lipinski definition) is 4. The van der Waals surface area contributed by atoms with Crippen LogP contribution >= 0.6 is 0 Å². The molecule has 1 aromatic rings. The summed E-state index contributed by atoms with van der Waals surface area (Å²) in [6, 6.07) is 3.33. The molecule has 0 atom stereocenters. The molecule has 0 unspecified atom stereocenters. The summed E-state index contributed by atoms with van der Waals surface area (Å²) < 4.78 is 0. The van der Waals surface area contributed by atoms with E-state index in [-0.39, 0.29) is 18.0 Å². The molecule has 0 bridgehead atoms. The van der Waals surface area contributed by atoms with Crippen molar-refractivity contribution in [3.63, 3.8) is 0 Å². The van der Waals surface area contributed by atoms with Crippen LogP contribution in [0.15, 0.2) is 18.3 Å². The van der Waals surface area contributed by atoms with Crippen molar-refractivity contribution < 1.29 is 14.7 Å². The highest BCUT2D eigenvalue weighted by Gasteiger charge is 2.25. The van der Waals surface area contributed by atoms with Crippen molar-refractivity contribution in [3.8, 4) is 0 Å². The maximum Gasteiger partial charge on any atom is 0.323 e. The van der Waals surface area contributed by atoms with Gasteiger partial charge < -0.3 is 14.9 Å². The molecule has 110 valence electrons. The summed E-state index contributed by atoms with van der Waals surface area (Å²) in [5.74, 6) is -0.519. The smallest absolute Gasteiger partial charge is 0.323 e. The van der Waals surface area contributed by atoms with Crippen LogP contribution in [0.3, 0.4) is 0 Å². The van der Waals surface area contributed by atoms with Crippen molar-refractivity contribution in [1.29, 1.82) is 0 Å². The summed E-state index contributed by atoms with van der Waals surface area (Å²) in [4.78, 5) is 30.1. The van der Waals surface area contributed by atoms with Crippen LogP contribution < -0.4 is 4.90 Å². The Labute approximate surface area is 119 Å². The second-order valence-corrected chi connectivity index (χ2v) is 5.76. The molecule has 6 heteroatoms. The molecule has 0 aliphatic heterocycles. The maximum absolute atomic E-state index is 11.8. The fourth-order valence-electron chi connectivity index (χ4n) is 1.73. The first-order valence-electron chi connectivity index (χ1n) is 6.30. The number of carbonyl (C=O) groups is 2. The Balaban J connectivity index is 3.05. The van der Waals surface area contributed by atoms with Crippen molar-refractivity contribution in [2.75, 3.05) is 25.5 Å². The fourth-order valence-corrected chi connectivity index (χ4v) is 1.73.